The molecule has 2 aromatic rings. The van der Waals surface area contributed by atoms with Crippen molar-refractivity contribution >= 4 is 29.1 Å². The molecule has 1 aromatic heterocycles. The number of thiophene rings is 1. The topological polar surface area (TPSA) is 44.7 Å². The van der Waals surface area contributed by atoms with Gasteiger partial charge in [-0.05, 0) is 29.1 Å². The van der Waals surface area contributed by atoms with Gasteiger partial charge in [0.1, 0.15) is 0 Å². The van der Waals surface area contributed by atoms with Crippen molar-refractivity contribution in [3.8, 4) is 0 Å². The van der Waals surface area contributed by atoms with Gasteiger partial charge in [0, 0.05) is 19.8 Å². The molecule has 0 atom stereocenters. The van der Waals surface area contributed by atoms with E-state index in [0.717, 1.165) is 11.3 Å². The van der Waals surface area contributed by atoms with Crippen molar-refractivity contribution in [2.75, 3.05) is 19.0 Å². The Morgan fingerprint density at radius 2 is 2.00 bits per heavy atom. The molecule has 1 N–H and O–H groups in total. The molecule has 0 saturated carbocycles. The molecule has 98 valence electrons. The van der Waals surface area contributed by atoms with Crippen LogP contribution in [0, 0.1) is 0 Å². The summed E-state index contributed by atoms with van der Waals surface area (Å²) < 4.78 is 0. The van der Waals surface area contributed by atoms with Crippen LogP contribution in [-0.4, -0.2) is 26.2 Å². The van der Waals surface area contributed by atoms with Crippen LogP contribution >= 0.6 is 11.3 Å². The lowest BCUT2D eigenvalue weighted by atomic mass is 10.2. The molecule has 0 spiro atoms. The highest BCUT2D eigenvalue weighted by Gasteiger charge is 2.03. The van der Waals surface area contributed by atoms with Gasteiger partial charge in [-0.25, -0.2) is 5.43 Å². The Balaban J connectivity index is 1.94. The summed E-state index contributed by atoms with van der Waals surface area (Å²) in [5.74, 6) is -0.184. The molecule has 4 nitrogen and oxygen atoms in total. The Kier molecular flexibility index (Phi) is 4.30. The van der Waals surface area contributed by atoms with Gasteiger partial charge < -0.3 is 4.90 Å². The van der Waals surface area contributed by atoms with E-state index in [-0.39, 0.29) is 5.91 Å². The van der Waals surface area contributed by atoms with Crippen LogP contribution in [0.1, 0.15) is 15.2 Å². The van der Waals surface area contributed by atoms with Crippen LogP contribution in [0.5, 0.6) is 0 Å². The van der Waals surface area contributed by atoms with Gasteiger partial charge in [0.15, 0.2) is 0 Å². The van der Waals surface area contributed by atoms with E-state index in [0.29, 0.717) is 4.88 Å². The first kappa shape index (κ1) is 13.3. The SMILES string of the molecule is CN(C)c1ccc(/C=N/NC(=O)c2cccs2)cc1. The van der Waals surface area contributed by atoms with E-state index in [9.17, 15) is 4.79 Å². The van der Waals surface area contributed by atoms with Crippen LogP contribution in [0.4, 0.5) is 5.69 Å². The van der Waals surface area contributed by atoms with Crippen molar-refractivity contribution in [3.05, 3.63) is 52.2 Å². The molecular weight excluding hydrogens is 258 g/mol. The minimum atomic E-state index is -0.184. The summed E-state index contributed by atoms with van der Waals surface area (Å²) in [7, 11) is 3.98. The zero-order chi connectivity index (χ0) is 13.7. The number of hydrazone groups is 1. The molecule has 0 fully saturated rings. The van der Waals surface area contributed by atoms with Crippen LogP contribution in [0.25, 0.3) is 0 Å². The second kappa shape index (κ2) is 6.15. The molecule has 0 aliphatic carbocycles. The highest BCUT2D eigenvalue weighted by Crippen LogP contribution is 2.11. The summed E-state index contributed by atoms with van der Waals surface area (Å²) in [5.41, 5.74) is 4.57. The molecule has 5 heteroatoms. The molecule has 1 amide bonds. The fourth-order valence-electron chi connectivity index (χ4n) is 1.49. The minimum Gasteiger partial charge on any atom is -0.378 e. The lowest BCUT2D eigenvalue weighted by Gasteiger charge is -2.11. The van der Waals surface area contributed by atoms with Crippen molar-refractivity contribution in [1.82, 2.24) is 5.43 Å². The Morgan fingerprint density at radius 1 is 1.26 bits per heavy atom. The smallest absolute Gasteiger partial charge is 0.281 e. The van der Waals surface area contributed by atoms with E-state index in [1.165, 1.54) is 11.3 Å². The summed E-state index contributed by atoms with van der Waals surface area (Å²) in [6, 6.07) is 11.5. The van der Waals surface area contributed by atoms with Gasteiger partial charge in [0.05, 0.1) is 11.1 Å². The Hall–Kier alpha value is -2.14. The highest BCUT2D eigenvalue weighted by atomic mass is 32.1. The van der Waals surface area contributed by atoms with Gasteiger partial charge in [0.25, 0.3) is 5.91 Å². The van der Waals surface area contributed by atoms with Crippen molar-refractivity contribution < 1.29 is 4.79 Å². The van der Waals surface area contributed by atoms with E-state index in [1.54, 1.807) is 12.3 Å². The van der Waals surface area contributed by atoms with Crippen LogP contribution < -0.4 is 10.3 Å². The number of benzene rings is 1. The zero-order valence-electron chi connectivity index (χ0n) is 10.8. The first-order chi connectivity index (χ1) is 9.16. The van der Waals surface area contributed by atoms with E-state index in [2.05, 4.69) is 10.5 Å². The number of hydrogen-bond donors (Lipinski definition) is 1. The van der Waals surface area contributed by atoms with Crippen molar-refractivity contribution in [2.24, 2.45) is 5.10 Å². The number of nitrogens with one attached hydrogen (secondary N) is 1. The number of carbonyl (C=O) groups excluding carboxylic acids is 1. The standard InChI is InChI=1S/C14H15N3OS/c1-17(2)12-7-5-11(6-8-12)10-15-16-14(18)13-4-3-9-19-13/h3-10H,1-2H3,(H,16,18)/b15-10+. The minimum absolute atomic E-state index is 0.184. The largest absolute Gasteiger partial charge is 0.378 e. The number of anilines is 1. The van der Waals surface area contributed by atoms with Crippen LogP contribution in [0.2, 0.25) is 0 Å². The molecule has 19 heavy (non-hydrogen) atoms. The van der Waals surface area contributed by atoms with Gasteiger partial charge in [-0.2, -0.15) is 5.10 Å². The van der Waals surface area contributed by atoms with Crippen LogP contribution in [0.3, 0.4) is 0 Å². The maximum atomic E-state index is 11.6. The maximum absolute atomic E-state index is 11.6. The van der Waals surface area contributed by atoms with Gasteiger partial charge in [0.2, 0.25) is 0 Å². The van der Waals surface area contributed by atoms with E-state index in [1.807, 2.05) is 54.7 Å². The average Bonchev–Trinajstić information content (AvgIpc) is 2.93. The predicted octanol–water partition coefficient (Wildman–Crippen LogP) is 2.58. The van der Waals surface area contributed by atoms with Gasteiger partial charge in [-0.3, -0.25) is 4.79 Å². The number of amides is 1. The Bertz CT molecular complexity index is 559. The monoisotopic (exact) mass is 273 g/mol. The summed E-state index contributed by atoms with van der Waals surface area (Å²) in [5, 5.41) is 5.80. The summed E-state index contributed by atoms with van der Waals surface area (Å²) in [6.45, 7) is 0. The molecule has 0 radical (unpaired) electrons. The first-order valence-electron chi connectivity index (χ1n) is 5.81. The molecule has 0 aliphatic heterocycles. The molecule has 1 heterocycles. The zero-order valence-corrected chi connectivity index (χ0v) is 11.6. The molecule has 2 rings (SSSR count). The third kappa shape index (κ3) is 3.66. The fourth-order valence-corrected chi connectivity index (χ4v) is 2.10. The summed E-state index contributed by atoms with van der Waals surface area (Å²) in [6.07, 6.45) is 1.63. The molecule has 0 aliphatic rings. The molecule has 1 aromatic carbocycles. The highest BCUT2D eigenvalue weighted by molar-refractivity contribution is 7.12. The Morgan fingerprint density at radius 3 is 2.58 bits per heavy atom. The van der Waals surface area contributed by atoms with Gasteiger partial charge >= 0.3 is 0 Å². The first-order valence-corrected chi connectivity index (χ1v) is 6.69. The summed E-state index contributed by atoms with van der Waals surface area (Å²) >= 11 is 1.39. The molecular formula is C14H15N3OS. The van der Waals surface area contributed by atoms with Gasteiger partial charge in [-0.15, -0.1) is 11.3 Å². The van der Waals surface area contributed by atoms with E-state index in [4.69, 9.17) is 0 Å². The fraction of sp³-hybridized carbons (Fsp3) is 0.143. The normalized spacial score (nSPS) is 10.6. The predicted molar refractivity (Wildman–Crippen MR) is 80.1 cm³/mol. The van der Waals surface area contributed by atoms with Crippen LogP contribution in [-0.2, 0) is 0 Å². The van der Waals surface area contributed by atoms with E-state index < -0.39 is 0 Å². The molecule has 0 bridgehead atoms. The third-order valence-corrected chi connectivity index (χ3v) is 3.40. The van der Waals surface area contributed by atoms with Crippen molar-refractivity contribution in [2.45, 2.75) is 0 Å². The second-order valence-corrected chi connectivity index (χ2v) is 5.11. The average molecular weight is 273 g/mol. The molecule has 0 unspecified atom stereocenters. The number of rotatable bonds is 4. The number of nitrogens with zero attached hydrogens (tertiary/aromatic N) is 2. The lowest BCUT2D eigenvalue weighted by molar-refractivity contribution is 0.0959. The summed E-state index contributed by atoms with van der Waals surface area (Å²) in [4.78, 5) is 14.3. The van der Waals surface area contributed by atoms with Crippen molar-refractivity contribution in [1.29, 1.82) is 0 Å². The lowest BCUT2D eigenvalue weighted by Crippen LogP contribution is -2.16. The van der Waals surface area contributed by atoms with Crippen molar-refractivity contribution in [3.63, 3.8) is 0 Å². The number of carbonyl (C=O) groups is 1. The van der Waals surface area contributed by atoms with Crippen LogP contribution in [0.15, 0.2) is 46.9 Å². The third-order valence-electron chi connectivity index (χ3n) is 2.53. The Labute approximate surface area is 116 Å². The van der Waals surface area contributed by atoms with E-state index >= 15 is 0 Å². The maximum Gasteiger partial charge on any atom is 0.281 e. The second-order valence-electron chi connectivity index (χ2n) is 4.16. The molecule has 0 saturated heterocycles. The quantitative estimate of drug-likeness (QED) is 0.687. The number of hydrogen-bond acceptors (Lipinski definition) is 4. The van der Waals surface area contributed by atoms with Gasteiger partial charge in [-0.1, -0.05) is 18.2 Å².